The molecule has 1 aromatic carbocycles. The monoisotopic (exact) mass is 352 g/mol. The first-order chi connectivity index (χ1) is 10.0. The van der Waals surface area contributed by atoms with Crippen molar-refractivity contribution in [2.45, 2.75) is 6.42 Å². The Kier molecular flexibility index (Phi) is 5.01. The molecule has 1 fully saturated rings. The van der Waals surface area contributed by atoms with Gasteiger partial charge in [-0.25, -0.2) is 0 Å². The van der Waals surface area contributed by atoms with Gasteiger partial charge in [-0.3, -0.25) is 9.59 Å². The van der Waals surface area contributed by atoms with Gasteiger partial charge < -0.3 is 15.0 Å². The highest BCUT2D eigenvalue weighted by atomic mass is 79.9. The van der Waals surface area contributed by atoms with Crippen LogP contribution in [0.5, 0.6) is 5.75 Å². The Morgan fingerprint density at radius 3 is 3.00 bits per heavy atom. The molecule has 1 heterocycles. The molecule has 1 aliphatic heterocycles. The molecule has 2 rings (SSSR count). The van der Waals surface area contributed by atoms with E-state index in [0.29, 0.717) is 23.3 Å². The molecule has 0 saturated carbocycles. The lowest BCUT2D eigenvalue weighted by Gasteiger charge is -2.17. The number of rotatable bonds is 5. The van der Waals surface area contributed by atoms with E-state index in [1.165, 1.54) is 0 Å². The summed E-state index contributed by atoms with van der Waals surface area (Å²) in [5.74, 6) is 0.162. The Morgan fingerprint density at radius 1 is 1.57 bits per heavy atom. The average Bonchev–Trinajstić information content (AvgIpc) is 2.87. The van der Waals surface area contributed by atoms with Gasteiger partial charge in [0, 0.05) is 35.7 Å². The normalized spacial score (nSPS) is 17.7. The second-order valence-corrected chi connectivity index (χ2v) is 5.96. The summed E-state index contributed by atoms with van der Waals surface area (Å²) in [4.78, 5) is 25.7. The lowest BCUT2D eigenvalue weighted by molar-refractivity contribution is -0.126. The van der Waals surface area contributed by atoms with E-state index < -0.39 is 0 Å². The molecule has 1 aliphatic rings. The number of halogens is 1. The van der Waals surface area contributed by atoms with Crippen molar-refractivity contribution in [1.29, 1.82) is 0 Å². The molecule has 5 nitrogen and oxygen atoms in total. The lowest BCUT2D eigenvalue weighted by Crippen LogP contribution is -2.33. The first-order valence-corrected chi connectivity index (χ1v) is 7.36. The second-order valence-electron chi connectivity index (χ2n) is 4.84. The van der Waals surface area contributed by atoms with Crippen LogP contribution in [-0.2, 0) is 9.59 Å². The molecule has 0 spiro atoms. The van der Waals surface area contributed by atoms with Crippen LogP contribution in [0.2, 0.25) is 0 Å². The quantitative estimate of drug-likeness (QED) is 0.882. The van der Waals surface area contributed by atoms with Gasteiger partial charge in [-0.1, -0.05) is 28.6 Å². The Balaban J connectivity index is 2.05. The third-order valence-corrected chi connectivity index (χ3v) is 3.60. The minimum atomic E-state index is -0.337. The Hall–Kier alpha value is -1.82. The summed E-state index contributed by atoms with van der Waals surface area (Å²) in [5.41, 5.74) is 0.750. The van der Waals surface area contributed by atoms with Crippen LogP contribution in [0.4, 0.5) is 5.69 Å². The number of anilines is 1. The van der Waals surface area contributed by atoms with Crippen molar-refractivity contribution in [3.05, 3.63) is 35.3 Å². The molecule has 21 heavy (non-hydrogen) atoms. The molecule has 1 aromatic rings. The summed E-state index contributed by atoms with van der Waals surface area (Å²) in [6.45, 7) is 4.41. The molecular formula is C15H17BrN2O3. The molecule has 1 saturated heterocycles. The number of ether oxygens (including phenoxy) is 1. The number of carbonyl (C=O) groups is 2. The van der Waals surface area contributed by atoms with Crippen molar-refractivity contribution >= 4 is 33.4 Å². The van der Waals surface area contributed by atoms with Gasteiger partial charge in [-0.15, -0.1) is 0 Å². The van der Waals surface area contributed by atoms with Crippen molar-refractivity contribution in [3.63, 3.8) is 0 Å². The van der Waals surface area contributed by atoms with Crippen molar-refractivity contribution < 1.29 is 14.3 Å². The fraction of sp³-hybridized carbons (Fsp3) is 0.333. The third-order valence-electron chi connectivity index (χ3n) is 3.32. The molecular weight excluding hydrogens is 336 g/mol. The molecule has 6 heteroatoms. The van der Waals surface area contributed by atoms with Gasteiger partial charge in [0.2, 0.25) is 11.8 Å². The van der Waals surface area contributed by atoms with Crippen molar-refractivity contribution in [3.8, 4) is 5.75 Å². The summed E-state index contributed by atoms with van der Waals surface area (Å²) in [5, 5.41) is 2.75. The zero-order valence-electron chi connectivity index (χ0n) is 11.8. The van der Waals surface area contributed by atoms with Crippen LogP contribution in [0.25, 0.3) is 0 Å². The highest BCUT2D eigenvalue weighted by Crippen LogP contribution is 2.27. The smallest absolute Gasteiger partial charge is 0.227 e. The fourth-order valence-electron chi connectivity index (χ4n) is 2.24. The minimum Gasteiger partial charge on any atom is -0.497 e. The fourth-order valence-corrected chi connectivity index (χ4v) is 2.38. The van der Waals surface area contributed by atoms with E-state index in [2.05, 4.69) is 27.8 Å². The zero-order valence-corrected chi connectivity index (χ0v) is 13.4. The topological polar surface area (TPSA) is 58.6 Å². The molecule has 2 amide bonds. The summed E-state index contributed by atoms with van der Waals surface area (Å²) in [6, 6.07) is 7.26. The molecule has 0 bridgehead atoms. The van der Waals surface area contributed by atoms with Crippen LogP contribution in [0, 0.1) is 5.92 Å². The van der Waals surface area contributed by atoms with E-state index in [-0.39, 0.29) is 24.2 Å². The van der Waals surface area contributed by atoms with Crippen molar-refractivity contribution in [1.82, 2.24) is 5.32 Å². The number of nitrogens with one attached hydrogen (secondary N) is 1. The van der Waals surface area contributed by atoms with Crippen molar-refractivity contribution in [2.24, 2.45) is 5.92 Å². The van der Waals surface area contributed by atoms with Crippen LogP contribution in [0.15, 0.2) is 35.3 Å². The zero-order chi connectivity index (χ0) is 15.4. The second kappa shape index (κ2) is 6.76. The average molecular weight is 353 g/mol. The molecule has 0 aliphatic carbocycles. The molecule has 1 atom stereocenters. The van der Waals surface area contributed by atoms with E-state index in [1.54, 1.807) is 18.1 Å². The number of hydrogen-bond acceptors (Lipinski definition) is 3. The Labute approximate surface area is 132 Å². The molecule has 112 valence electrons. The molecule has 1 unspecified atom stereocenters. The standard InChI is InChI=1S/C15H17BrN2O3/c1-10(16)8-17-15(20)11-6-14(19)18(9-11)12-4-3-5-13(7-12)21-2/h3-5,7,11H,1,6,8-9H2,2H3,(H,17,20). The minimum absolute atomic E-state index is 0.0546. The SMILES string of the molecule is C=C(Br)CNC(=O)C1CC(=O)N(c2cccc(OC)c2)C1. The van der Waals surface area contributed by atoms with Crippen LogP contribution < -0.4 is 15.0 Å². The van der Waals surface area contributed by atoms with Crippen LogP contribution >= 0.6 is 15.9 Å². The molecule has 0 aromatic heterocycles. The predicted molar refractivity (Wildman–Crippen MR) is 84.5 cm³/mol. The van der Waals surface area contributed by atoms with Gasteiger partial charge >= 0.3 is 0 Å². The predicted octanol–water partition coefficient (Wildman–Crippen LogP) is 2.07. The molecule has 0 radical (unpaired) electrons. The van der Waals surface area contributed by atoms with Crippen LogP contribution in [0.1, 0.15) is 6.42 Å². The summed E-state index contributed by atoms with van der Waals surface area (Å²) >= 11 is 3.19. The number of benzene rings is 1. The third kappa shape index (κ3) is 3.85. The summed E-state index contributed by atoms with van der Waals surface area (Å²) < 4.78 is 5.86. The van der Waals surface area contributed by atoms with Gasteiger partial charge in [0.05, 0.1) is 13.0 Å². The summed E-state index contributed by atoms with van der Waals surface area (Å²) in [7, 11) is 1.58. The van der Waals surface area contributed by atoms with E-state index in [4.69, 9.17) is 4.74 Å². The maximum Gasteiger partial charge on any atom is 0.227 e. The first kappa shape index (κ1) is 15.6. The summed E-state index contributed by atoms with van der Waals surface area (Å²) in [6.07, 6.45) is 0.220. The van der Waals surface area contributed by atoms with Crippen LogP contribution in [0.3, 0.4) is 0 Å². The molecule has 1 N–H and O–H groups in total. The number of nitrogens with zero attached hydrogens (tertiary/aromatic N) is 1. The van der Waals surface area contributed by atoms with E-state index >= 15 is 0 Å². The Bertz CT molecular complexity index is 574. The van der Waals surface area contributed by atoms with E-state index in [9.17, 15) is 9.59 Å². The van der Waals surface area contributed by atoms with Gasteiger partial charge in [0.1, 0.15) is 5.75 Å². The maximum absolute atomic E-state index is 12.1. The van der Waals surface area contributed by atoms with E-state index in [0.717, 1.165) is 5.69 Å². The number of methoxy groups -OCH3 is 1. The number of amides is 2. The largest absolute Gasteiger partial charge is 0.497 e. The van der Waals surface area contributed by atoms with Gasteiger partial charge in [0.15, 0.2) is 0 Å². The van der Waals surface area contributed by atoms with Crippen LogP contribution in [-0.4, -0.2) is 32.0 Å². The van der Waals surface area contributed by atoms with Gasteiger partial charge in [0.25, 0.3) is 0 Å². The number of hydrogen-bond donors (Lipinski definition) is 1. The number of carbonyl (C=O) groups excluding carboxylic acids is 2. The van der Waals surface area contributed by atoms with Gasteiger partial charge in [-0.05, 0) is 12.1 Å². The Morgan fingerprint density at radius 2 is 2.33 bits per heavy atom. The first-order valence-electron chi connectivity index (χ1n) is 6.56. The lowest BCUT2D eigenvalue weighted by atomic mass is 10.1. The van der Waals surface area contributed by atoms with Crippen molar-refractivity contribution in [2.75, 3.05) is 25.1 Å². The van der Waals surface area contributed by atoms with Gasteiger partial charge in [-0.2, -0.15) is 0 Å². The van der Waals surface area contributed by atoms with E-state index in [1.807, 2.05) is 18.2 Å². The highest BCUT2D eigenvalue weighted by molar-refractivity contribution is 9.11. The highest BCUT2D eigenvalue weighted by Gasteiger charge is 2.35. The maximum atomic E-state index is 12.1.